The van der Waals surface area contributed by atoms with E-state index in [0.29, 0.717) is 18.4 Å². The molecule has 0 spiro atoms. The fraction of sp³-hybridized carbons (Fsp3) is 0.400. The highest BCUT2D eigenvalue weighted by Crippen LogP contribution is 2.50. The molecular weight excluding hydrogens is 395 g/mol. The van der Waals surface area contributed by atoms with Gasteiger partial charge in [0.15, 0.2) is 0 Å². The Labute approximate surface area is 181 Å². The first-order chi connectivity index (χ1) is 15.1. The zero-order valence-corrected chi connectivity index (χ0v) is 18.1. The van der Waals surface area contributed by atoms with Crippen molar-refractivity contribution in [3.05, 3.63) is 70.3 Å². The van der Waals surface area contributed by atoms with Gasteiger partial charge in [-0.15, -0.1) is 0 Å². The Morgan fingerprint density at radius 3 is 2.81 bits per heavy atom. The Hall–Kier alpha value is -2.86. The number of benzene rings is 2. The second-order valence-corrected chi connectivity index (χ2v) is 8.16. The van der Waals surface area contributed by atoms with Crippen molar-refractivity contribution in [3.63, 3.8) is 0 Å². The summed E-state index contributed by atoms with van der Waals surface area (Å²) in [6.45, 7) is 5.70. The zero-order valence-electron chi connectivity index (χ0n) is 18.1. The predicted molar refractivity (Wildman–Crippen MR) is 121 cm³/mol. The number of nitrogens with zero attached hydrogens (tertiary/aromatic N) is 1. The maximum atomic E-state index is 13.7. The van der Waals surface area contributed by atoms with E-state index in [0.717, 1.165) is 60.4 Å². The molecule has 5 nitrogen and oxygen atoms in total. The Morgan fingerprint density at radius 1 is 1.16 bits per heavy atom. The van der Waals surface area contributed by atoms with Crippen molar-refractivity contribution in [2.45, 2.75) is 25.7 Å². The number of H-pyrrole nitrogens is 1. The van der Waals surface area contributed by atoms with Crippen molar-refractivity contribution >= 4 is 10.9 Å². The van der Waals surface area contributed by atoms with Crippen LogP contribution in [0.25, 0.3) is 10.9 Å². The van der Waals surface area contributed by atoms with Crippen molar-refractivity contribution in [1.29, 1.82) is 0 Å². The molecule has 3 aromatic rings. The molecule has 0 aliphatic heterocycles. The van der Waals surface area contributed by atoms with Crippen LogP contribution in [0.1, 0.15) is 31.2 Å². The van der Waals surface area contributed by atoms with Crippen molar-refractivity contribution in [2.24, 2.45) is 5.92 Å². The van der Waals surface area contributed by atoms with E-state index >= 15 is 0 Å². The maximum Gasteiger partial charge on any atom is 0.248 e. The van der Waals surface area contributed by atoms with Crippen LogP contribution < -0.4 is 15.0 Å². The minimum Gasteiger partial charge on any atom is -0.496 e. The van der Waals surface area contributed by atoms with Gasteiger partial charge in [-0.1, -0.05) is 6.92 Å². The lowest BCUT2D eigenvalue weighted by Crippen LogP contribution is -2.28. The average Bonchev–Trinajstić information content (AvgIpc) is 3.54. The molecular formula is C25H29FN2O3. The summed E-state index contributed by atoms with van der Waals surface area (Å²) >= 11 is 0. The summed E-state index contributed by atoms with van der Waals surface area (Å²) in [6.07, 6.45) is 1.99. The van der Waals surface area contributed by atoms with E-state index < -0.39 is 0 Å². The van der Waals surface area contributed by atoms with Gasteiger partial charge in [-0.25, -0.2) is 4.39 Å². The standard InChI is InChI=1S/C25H29FN2O3/c1-3-28(16-18-13-21(18)22-14-19(26)7-9-24(22)30-2)11-4-12-31-20-8-5-17-6-10-25(29)27-23(17)15-20/h5-10,14-15,18,21H,3-4,11-13,16H2,1-2H3,(H,27,29)/t18-,21+/m0/s1. The summed E-state index contributed by atoms with van der Waals surface area (Å²) < 4.78 is 25.0. The first-order valence-electron chi connectivity index (χ1n) is 10.9. The largest absolute Gasteiger partial charge is 0.496 e. The molecule has 2 aromatic carbocycles. The summed E-state index contributed by atoms with van der Waals surface area (Å²) in [4.78, 5) is 16.8. The quantitative estimate of drug-likeness (QED) is 0.485. The van der Waals surface area contributed by atoms with Gasteiger partial charge in [-0.3, -0.25) is 4.79 Å². The maximum absolute atomic E-state index is 13.7. The average molecular weight is 425 g/mol. The number of aromatic amines is 1. The molecule has 4 rings (SSSR count). The van der Waals surface area contributed by atoms with Crippen molar-refractivity contribution in [3.8, 4) is 11.5 Å². The second kappa shape index (κ2) is 9.52. The lowest BCUT2D eigenvalue weighted by molar-refractivity contribution is 0.234. The lowest BCUT2D eigenvalue weighted by Gasteiger charge is -2.20. The highest BCUT2D eigenvalue weighted by Gasteiger charge is 2.40. The molecule has 1 aliphatic rings. The molecule has 1 saturated carbocycles. The van der Waals surface area contributed by atoms with Crippen molar-refractivity contribution in [1.82, 2.24) is 9.88 Å². The lowest BCUT2D eigenvalue weighted by atomic mass is 10.1. The van der Waals surface area contributed by atoms with E-state index in [1.165, 1.54) is 12.1 Å². The van der Waals surface area contributed by atoms with E-state index in [-0.39, 0.29) is 11.4 Å². The smallest absolute Gasteiger partial charge is 0.248 e. The van der Waals surface area contributed by atoms with Gasteiger partial charge in [0.05, 0.1) is 19.2 Å². The SMILES string of the molecule is CCN(CCCOc1ccc2ccc(=O)[nH]c2c1)C[C@@H]1C[C@H]1c1cc(F)ccc1OC. The molecule has 0 saturated heterocycles. The number of hydrogen-bond donors (Lipinski definition) is 1. The van der Waals surface area contributed by atoms with Gasteiger partial charge in [0.1, 0.15) is 17.3 Å². The van der Waals surface area contributed by atoms with Gasteiger partial charge < -0.3 is 19.4 Å². The van der Waals surface area contributed by atoms with Gasteiger partial charge >= 0.3 is 0 Å². The van der Waals surface area contributed by atoms with Gasteiger partial charge in [0.25, 0.3) is 0 Å². The molecule has 6 heteroatoms. The molecule has 0 radical (unpaired) electrons. The summed E-state index contributed by atoms with van der Waals surface area (Å²) in [6, 6.07) is 13.9. The monoisotopic (exact) mass is 424 g/mol. The van der Waals surface area contributed by atoms with Crippen LogP contribution in [0.5, 0.6) is 11.5 Å². The van der Waals surface area contributed by atoms with Crippen LogP contribution in [-0.2, 0) is 0 Å². The number of aromatic nitrogens is 1. The fourth-order valence-corrected chi connectivity index (χ4v) is 4.23. The molecule has 0 bridgehead atoms. The van der Waals surface area contributed by atoms with E-state index in [4.69, 9.17) is 9.47 Å². The van der Waals surface area contributed by atoms with Crippen LogP contribution in [0.2, 0.25) is 0 Å². The van der Waals surface area contributed by atoms with Crippen LogP contribution in [0.3, 0.4) is 0 Å². The number of fused-ring (bicyclic) bond motifs is 1. The highest BCUT2D eigenvalue weighted by molar-refractivity contribution is 5.79. The second-order valence-electron chi connectivity index (χ2n) is 8.16. The molecule has 164 valence electrons. The van der Waals surface area contributed by atoms with Gasteiger partial charge in [-0.2, -0.15) is 0 Å². The number of methoxy groups -OCH3 is 1. The molecule has 1 aliphatic carbocycles. The molecule has 1 fully saturated rings. The molecule has 31 heavy (non-hydrogen) atoms. The Balaban J connectivity index is 1.25. The predicted octanol–water partition coefficient (Wildman–Crippen LogP) is 4.57. The molecule has 1 N–H and O–H groups in total. The Kier molecular flexibility index (Phi) is 6.56. The highest BCUT2D eigenvalue weighted by atomic mass is 19.1. The van der Waals surface area contributed by atoms with Gasteiger partial charge in [-0.05, 0) is 73.0 Å². The Morgan fingerprint density at radius 2 is 2.00 bits per heavy atom. The molecule has 0 unspecified atom stereocenters. The number of halogens is 1. The van der Waals surface area contributed by atoms with Gasteiger partial charge in [0, 0.05) is 30.8 Å². The van der Waals surface area contributed by atoms with Crippen molar-refractivity contribution in [2.75, 3.05) is 33.4 Å². The number of pyridine rings is 1. The van der Waals surface area contributed by atoms with Crippen LogP contribution in [0.4, 0.5) is 4.39 Å². The third-order valence-electron chi connectivity index (χ3n) is 6.04. The minimum atomic E-state index is -0.205. The topological polar surface area (TPSA) is 54.6 Å². The first-order valence-corrected chi connectivity index (χ1v) is 10.9. The van der Waals surface area contributed by atoms with Gasteiger partial charge in [0.2, 0.25) is 5.56 Å². The number of ether oxygens (including phenoxy) is 2. The number of nitrogens with one attached hydrogen (secondary N) is 1. The minimum absolute atomic E-state index is 0.113. The molecule has 1 aromatic heterocycles. The van der Waals surface area contributed by atoms with Crippen LogP contribution in [0, 0.1) is 11.7 Å². The molecule has 0 amide bonds. The summed E-state index contributed by atoms with van der Waals surface area (Å²) in [5.74, 6) is 2.24. The van der Waals surface area contributed by atoms with E-state index in [2.05, 4.69) is 16.8 Å². The molecule has 2 atom stereocenters. The number of rotatable bonds is 10. The zero-order chi connectivity index (χ0) is 21.8. The fourth-order valence-electron chi connectivity index (χ4n) is 4.23. The summed E-state index contributed by atoms with van der Waals surface area (Å²) in [5, 5.41) is 0.984. The van der Waals surface area contributed by atoms with Crippen LogP contribution in [-0.4, -0.2) is 43.2 Å². The van der Waals surface area contributed by atoms with Crippen LogP contribution in [0.15, 0.2) is 53.3 Å². The van der Waals surface area contributed by atoms with E-state index in [1.54, 1.807) is 19.2 Å². The molecule has 1 heterocycles. The third kappa shape index (κ3) is 5.25. The van der Waals surface area contributed by atoms with Crippen molar-refractivity contribution < 1.29 is 13.9 Å². The van der Waals surface area contributed by atoms with E-state index in [1.807, 2.05) is 24.3 Å². The normalized spacial score (nSPS) is 17.8. The van der Waals surface area contributed by atoms with Crippen LogP contribution >= 0.6 is 0 Å². The van der Waals surface area contributed by atoms with E-state index in [9.17, 15) is 9.18 Å². The first kappa shape index (κ1) is 21.4. The summed E-state index contributed by atoms with van der Waals surface area (Å²) in [7, 11) is 1.64. The third-order valence-corrected chi connectivity index (χ3v) is 6.04. The number of hydrogen-bond acceptors (Lipinski definition) is 4. The summed E-state index contributed by atoms with van der Waals surface area (Å²) in [5.41, 5.74) is 1.66. The Bertz CT molecular complexity index is 1100.